The Balaban J connectivity index is 2.14. The lowest BCUT2D eigenvalue weighted by atomic mass is 10.1. The summed E-state index contributed by atoms with van der Waals surface area (Å²) in [7, 11) is 0. The van der Waals surface area contributed by atoms with Crippen LogP contribution >= 0.6 is 0 Å². The van der Waals surface area contributed by atoms with Gasteiger partial charge in [-0.1, -0.05) is 18.2 Å². The molecule has 1 aromatic carbocycles. The Labute approximate surface area is 89.7 Å². The van der Waals surface area contributed by atoms with Crippen LogP contribution in [0.3, 0.4) is 0 Å². The van der Waals surface area contributed by atoms with Crippen LogP contribution in [0.25, 0.3) is 5.41 Å². The Morgan fingerprint density at radius 3 is 2.47 bits per heavy atom. The highest BCUT2D eigenvalue weighted by atomic mass is 14.4. The molecule has 1 nitrogen and oxygen atoms in total. The number of nitrogens with zero attached hydrogens (tertiary/aromatic N) is 1. The third kappa shape index (κ3) is 2.62. The molecule has 0 aliphatic heterocycles. The maximum Gasteiger partial charge on any atom is 0.128 e. The lowest BCUT2D eigenvalue weighted by molar-refractivity contribution is 1.63. The Hall–Kier alpha value is -2.20. The normalized spacial score (nSPS) is 13.6. The zero-order chi connectivity index (χ0) is 10.5. The molecule has 0 heterocycles. The summed E-state index contributed by atoms with van der Waals surface area (Å²) in [5.74, 6) is 6.08. The number of benzene rings is 1. The molecule has 0 spiro atoms. The van der Waals surface area contributed by atoms with Crippen molar-refractivity contribution in [3.05, 3.63) is 71.5 Å². The van der Waals surface area contributed by atoms with Gasteiger partial charge in [0.2, 0.25) is 0 Å². The third-order valence-corrected chi connectivity index (χ3v) is 1.99. The van der Waals surface area contributed by atoms with Crippen LogP contribution in [0, 0.1) is 18.3 Å². The van der Waals surface area contributed by atoms with E-state index >= 15 is 0 Å². The van der Waals surface area contributed by atoms with E-state index in [4.69, 9.17) is 5.41 Å². The van der Waals surface area contributed by atoms with Crippen molar-refractivity contribution in [3.8, 4) is 11.8 Å². The van der Waals surface area contributed by atoms with Gasteiger partial charge < -0.3 is 5.41 Å². The second kappa shape index (κ2) is 4.34. The lowest BCUT2D eigenvalue weighted by Gasteiger charge is -1.98. The molecule has 0 bridgehead atoms. The summed E-state index contributed by atoms with van der Waals surface area (Å²) in [6.07, 6.45) is 6.86. The molecule has 0 N–H and O–H groups in total. The molecule has 1 aliphatic rings. The average Bonchev–Trinajstić information content (AvgIpc) is 2.30. The highest BCUT2D eigenvalue weighted by molar-refractivity contribution is 6.07. The van der Waals surface area contributed by atoms with Crippen LogP contribution in [-0.2, 0) is 0 Å². The molecular weight excluding hydrogens is 182 g/mol. The van der Waals surface area contributed by atoms with E-state index in [0.29, 0.717) is 0 Å². The summed E-state index contributed by atoms with van der Waals surface area (Å²) >= 11 is 0. The largest absolute Gasteiger partial charge is 0.779 e. The van der Waals surface area contributed by atoms with E-state index in [2.05, 4.69) is 11.8 Å². The Morgan fingerprint density at radius 1 is 1.00 bits per heavy atom. The van der Waals surface area contributed by atoms with Gasteiger partial charge in [-0.05, 0) is 23.8 Å². The molecule has 70 valence electrons. The van der Waals surface area contributed by atoms with Crippen molar-refractivity contribution in [2.45, 2.75) is 0 Å². The molecular formula is C14H9N. The summed E-state index contributed by atoms with van der Waals surface area (Å²) in [5, 5.41) is 9.09. The van der Waals surface area contributed by atoms with Gasteiger partial charge in [0.1, 0.15) is 5.57 Å². The van der Waals surface area contributed by atoms with E-state index in [1.54, 1.807) is 24.6 Å². The fourth-order valence-corrected chi connectivity index (χ4v) is 1.21. The third-order valence-electron chi connectivity index (χ3n) is 1.99. The zero-order valence-electron chi connectivity index (χ0n) is 8.14. The number of hydrogen-bond donors (Lipinski definition) is 0. The number of allylic oxidation sites excluding steroid dienone is 4. The minimum atomic E-state index is 0.264. The Bertz CT molecular complexity index is 481. The molecule has 0 saturated carbocycles. The Kier molecular flexibility index (Phi) is 2.71. The van der Waals surface area contributed by atoms with Crippen molar-refractivity contribution < 1.29 is 0 Å². The molecule has 0 unspecified atom stereocenters. The standard InChI is InChI=1S/C14H9N/c15-14-10-8-13(9-11-14)7-6-12-4-2-1-3-5-12/h1-5,8-11H. The van der Waals surface area contributed by atoms with Gasteiger partial charge in [0.25, 0.3) is 0 Å². The van der Waals surface area contributed by atoms with Gasteiger partial charge in [-0.2, -0.15) is 0 Å². The predicted molar refractivity (Wildman–Crippen MR) is 63.2 cm³/mol. The lowest BCUT2D eigenvalue weighted by Crippen LogP contribution is -1.94. The first kappa shape index (κ1) is 9.36. The second-order valence-electron chi connectivity index (χ2n) is 3.16. The number of rotatable bonds is 0. The molecule has 0 fully saturated rings. The molecule has 2 rings (SSSR count). The number of hydrogen-bond acceptors (Lipinski definition) is 0. The highest BCUT2D eigenvalue weighted by Gasteiger charge is 2.01. The quantitative estimate of drug-likeness (QED) is 0.444. The maximum atomic E-state index is 9.09. The van der Waals surface area contributed by atoms with E-state index in [-0.39, 0.29) is 5.71 Å². The molecule has 1 aromatic rings. The smallest absolute Gasteiger partial charge is 0.128 e. The minimum absolute atomic E-state index is 0.264. The fourth-order valence-electron chi connectivity index (χ4n) is 1.21. The Morgan fingerprint density at radius 2 is 1.80 bits per heavy atom. The van der Waals surface area contributed by atoms with Gasteiger partial charge in [-0.15, -0.1) is 0 Å². The first-order valence-electron chi connectivity index (χ1n) is 4.71. The van der Waals surface area contributed by atoms with E-state index in [1.807, 2.05) is 30.3 Å². The van der Waals surface area contributed by atoms with Crippen LogP contribution in [0.2, 0.25) is 0 Å². The molecule has 0 atom stereocenters. The topological polar surface area (TPSA) is 22.3 Å². The van der Waals surface area contributed by atoms with Crippen molar-refractivity contribution in [2.24, 2.45) is 0 Å². The predicted octanol–water partition coefficient (Wildman–Crippen LogP) is 2.75. The van der Waals surface area contributed by atoms with Crippen LogP contribution in [0.1, 0.15) is 5.56 Å². The van der Waals surface area contributed by atoms with E-state index in [1.165, 1.54) is 0 Å². The van der Waals surface area contributed by atoms with Gasteiger partial charge in [0.05, 0.1) is 12.2 Å². The van der Waals surface area contributed by atoms with Crippen LogP contribution < -0.4 is 0 Å². The van der Waals surface area contributed by atoms with Crippen molar-refractivity contribution in [1.82, 2.24) is 0 Å². The van der Waals surface area contributed by atoms with Crippen molar-refractivity contribution in [3.63, 3.8) is 0 Å². The molecule has 0 radical (unpaired) electrons. The van der Waals surface area contributed by atoms with Gasteiger partial charge >= 0.3 is 0 Å². The first-order valence-corrected chi connectivity index (χ1v) is 4.71. The van der Waals surface area contributed by atoms with Gasteiger partial charge in [-0.3, -0.25) is 0 Å². The van der Waals surface area contributed by atoms with Crippen molar-refractivity contribution in [1.29, 1.82) is 0 Å². The molecule has 0 saturated heterocycles. The van der Waals surface area contributed by atoms with Crippen LogP contribution in [-0.4, -0.2) is 5.71 Å². The van der Waals surface area contributed by atoms with E-state index < -0.39 is 0 Å². The van der Waals surface area contributed by atoms with Crippen molar-refractivity contribution >= 4 is 5.71 Å². The van der Waals surface area contributed by atoms with E-state index in [0.717, 1.165) is 11.1 Å². The zero-order valence-corrected chi connectivity index (χ0v) is 8.14. The van der Waals surface area contributed by atoms with Crippen LogP contribution in [0.4, 0.5) is 0 Å². The molecule has 1 heteroatoms. The highest BCUT2D eigenvalue weighted by Crippen LogP contribution is 2.06. The van der Waals surface area contributed by atoms with E-state index in [9.17, 15) is 0 Å². The molecule has 1 aliphatic carbocycles. The fraction of sp³-hybridized carbons (Fsp3) is 0. The minimum Gasteiger partial charge on any atom is -0.779 e. The maximum absolute atomic E-state index is 9.09. The van der Waals surface area contributed by atoms with Gasteiger partial charge in [-0.25, -0.2) is 0 Å². The summed E-state index contributed by atoms with van der Waals surface area (Å²) in [6.45, 7) is 0. The van der Waals surface area contributed by atoms with Crippen LogP contribution in [0.15, 0.2) is 54.1 Å². The van der Waals surface area contributed by atoms with Gasteiger partial charge in [0.15, 0.2) is 0 Å². The van der Waals surface area contributed by atoms with Gasteiger partial charge in [0, 0.05) is 24.0 Å². The molecule has 15 heavy (non-hydrogen) atoms. The summed E-state index contributed by atoms with van der Waals surface area (Å²) in [5.41, 5.74) is 2.16. The monoisotopic (exact) mass is 191 g/mol. The summed E-state index contributed by atoms with van der Waals surface area (Å²) in [6, 6.07) is 9.81. The van der Waals surface area contributed by atoms with Crippen molar-refractivity contribution in [2.75, 3.05) is 0 Å². The van der Waals surface area contributed by atoms with Crippen LogP contribution in [0.5, 0.6) is 0 Å². The second-order valence-corrected chi connectivity index (χ2v) is 3.16. The first-order chi connectivity index (χ1) is 7.34. The molecule has 0 aromatic heterocycles. The summed E-state index contributed by atoms with van der Waals surface area (Å²) < 4.78 is 0. The average molecular weight is 191 g/mol. The summed E-state index contributed by atoms with van der Waals surface area (Å²) in [4.78, 5) is 0. The molecule has 0 amide bonds. The SMILES string of the molecule is [N-]=C1C=CC(C#Cc2ccccc2)=C[CH+]1.